The second kappa shape index (κ2) is 2.56. The molecule has 1 atom stereocenters. The Hall–Kier alpha value is -0.860. The van der Waals surface area contributed by atoms with Gasteiger partial charge < -0.3 is 4.42 Å². The molecule has 1 aliphatic carbocycles. The molecule has 3 heteroatoms. The van der Waals surface area contributed by atoms with Gasteiger partial charge in [-0.3, -0.25) is 0 Å². The van der Waals surface area contributed by atoms with Gasteiger partial charge in [0.15, 0.2) is 0 Å². The van der Waals surface area contributed by atoms with Crippen LogP contribution in [0.3, 0.4) is 0 Å². The Morgan fingerprint density at radius 3 is 2.38 bits per heavy atom. The van der Waals surface area contributed by atoms with Crippen molar-refractivity contribution in [3.63, 3.8) is 0 Å². The van der Waals surface area contributed by atoms with Crippen LogP contribution in [0.25, 0.3) is 0 Å². The van der Waals surface area contributed by atoms with E-state index < -0.39 is 0 Å². The van der Waals surface area contributed by atoms with Crippen LogP contribution in [0.15, 0.2) is 4.42 Å². The zero-order valence-electron chi connectivity index (χ0n) is 8.66. The molecule has 1 fully saturated rings. The molecule has 0 amide bonds. The van der Waals surface area contributed by atoms with Crippen molar-refractivity contribution in [3.05, 3.63) is 11.8 Å². The molecule has 1 aromatic heterocycles. The van der Waals surface area contributed by atoms with E-state index in [4.69, 9.17) is 4.42 Å². The number of hydrogen-bond donors (Lipinski definition) is 0. The van der Waals surface area contributed by atoms with E-state index in [1.54, 1.807) is 0 Å². The fourth-order valence-corrected chi connectivity index (χ4v) is 1.51. The molecule has 0 bridgehead atoms. The lowest BCUT2D eigenvalue weighted by atomic mass is 10.1. The normalized spacial score (nSPS) is 25.2. The Morgan fingerprint density at radius 2 is 2.00 bits per heavy atom. The minimum atomic E-state index is 0.336. The van der Waals surface area contributed by atoms with Crippen molar-refractivity contribution in [2.75, 3.05) is 0 Å². The van der Waals surface area contributed by atoms with Crippen molar-refractivity contribution < 1.29 is 4.42 Å². The smallest absolute Gasteiger partial charge is 0.220 e. The van der Waals surface area contributed by atoms with E-state index in [0.29, 0.717) is 17.3 Å². The van der Waals surface area contributed by atoms with Crippen molar-refractivity contribution in [3.8, 4) is 0 Å². The Morgan fingerprint density at radius 1 is 1.38 bits per heavy atom. The van der Waals surface area contributed by atoms with E-state index in [0.717, 1.165) is 11.8 Å². The van der Waals surface area contributed by atoms with Gasteiger partial charge >= 0.3 is 0 Å². The molecule has 0 N–H and O–H groups in total. The fourth-order valence-electron chi connectivity index (χ4n) is 1.51. The molecule has 0 saturated heterocycles. The first-order chi connectivity index (χ1) is 6.00. The van der Waals surface area contributed by atoms with Gasteiger partial charge in [-0.15, -0.1) is 10.2 Å². The summed E-state index contributed by atoms with van der Waals surface area (Å²) in [5.41, 5.74) is 0.376. The highest BCUT2D eigenvalue weighted by molar-refractivity contribution is 5.12. The summed E-state index contributed by atoms with van der Waals surface area (Å²) < 4.78 is 5.58. The van der Waals surface area contributed by atoms with Crippen LogP contribution in [0.1, 0.15) is 57.7 Å². The lowest BCUT2D eigenvalue weighted by molar-refractivity contribution is 0.418. The van der Waals surface area contributed by atoms with Crippen molar-refractivity contribution >= 4 is 0 Å². The average molecular weight is 180 g/mol. The van der Waals surface area contributed by atoms with Gasteiger partial charge in [-0.25, -0.2) is 0 Å². The summed E-state index contributed by atoms with van der Waals surface area (Å²) >= 11 is 0. The van der Waals surface area contributed by atoms with Crippen molar-refractivity contribution in [1.82, 2.24) is 10.2 Å². The first-order valence-corrected chi connectivity index (χ1v) is 4.84. The fraction of sp³-hybridized carbons (Fsp3) is 0.800. The van der Waals surface area contributed by atoms with Crippen LogP contribution in [0.4, 0.5) is 0 Å². The summed E-state index contributed by atoms with van der Waals surface area (Å²) in [7, 11) is 0. The molecule has 72 valence electrons. The molecule has 1 aromatic rings. The van der Waals surface area contributed by atoms with Crippen LogP contribution in [0, 0.1) is 5.41 Å². The molecule has 0 aliphatic heterocycles. The maximum absolute atomic E-state index is 5.58. The van der Waals surface area contributed by atoms with Crippen molar-refractivity contribution in [2.45, 2.75) is 46.0 Å². The van der Waals surface area contributed by atoms with Gasteiger partial charge in [0, 0.05) is 11.8 Å². The molecule has 0 radical (unpaired) electrons. The maximum Gasteiger partial charge on any atom is 0.220 e. The maximum atomic E-state index is 5.58. The molecular weight excluding hydrogens is 164 g/mol. The van der Waals surface area contributed by atoms with Gasteiger partial charge in [-0.05, 0) is 11.8 Å². The third-order valence-electron chi connectivity index (χ3n) is 2.76. The molecule has 13 heavy (non-hydrogen) atoms. The van der Waals surface area contributed by atoms with E-state index in [9.17, 15) is 0 Å². The predicted octanol–water partition coefficient (Wildman–Crippen LogP) is 2.71. The van der Waals surface area contributed by atoms with Crippen LogP contribution >= 0.6 is 0 Å². The second-order valence-electron chi connectivity index (χ2n) is 4.88. The minimum absolute atomic E-state index is 0.336. The quantitative estimate of drug-likeness (QED) is 0.702. The van der Waals surface area contributed by atoms with Gasteiger partial charge in [-0.1, -0.05) is 27.7 Å². The molecule has 0 spiro atoms. The lowest BCUT2D eigenvalue weighted by Gasteiger charge is -1.97. The van der Waals surface area contributed by atoms with Crippen LogP contribution < -0.4 is 0 Å². The van der Waals surface area contributed by atoms with Crippen molar-refractivity contribution in [1.29, 1.82) is 0 Å². The highest BCUT2D eigenvalue weighted by atomic mass is 16.4. The van der Waals surface area contributed by atoms with E-state index in [-0.39, 0.29) is 0 Å². The summed E-state index contributed by atoms with van der Waals surface area (Å²) in [6.45, 7) is 8.60. The number of hydrogen-bond acceptors (Lipinski definition) is 3. The monoisotopic (exact) mass is 180 g/mol. The molecule has 1 aliphatic rings. The van der Waals surface area contributed by atoms with Gasteiger partial charge in [0.1, 0.15) is 0 Å². The van der Waals surface area contributed by atoms with Gasteiger partial charge in [0.25, 0.3) is 0 Å². The van der Waals surface area contributed by atoms with Crippen molar-refractivity contribution in [2.24, 2.45) is 5.41 Å². The first kappa shape index (κ1) is 8.73. The first-order valence-electron chi connectivity index (χ1n) is 4.84. The summed E-state index contributed by atoms with van der Waals surface area (Å²) in [5, 5.41) is 8.10. The lowest BCUT2D eigenvalue weighted by Crippen LogP contribution is -1.89. The SMILES string of the molecule is CC(C)c1nnc(C2CC2(C)C)o1. The summed E-state index contributed by atoms with van der Waals surface area (Å²) in [4.78, 5) is 0. The Kier molecular flexibility index (Phi) is 1.72. The number of rotatable bonds is 2. The molecule has 3 nitrogen and oxygen atoms in total. The standard InChI is InChI=1S/C10H16N2O/c1-6(2)8-11-12-9(13-8)7-5-10(7,3)4/h6-7H,5H2,1-4H3. The van der Waals surface area contributed by atoms with Crippen LogP contribution in [-0.2, 0) is 0 Å². The molecule has 1 heterocycles. The second-order valence-corrected chi connectivity index (χ2v) is 4.88. The molecule has 2 rings (SSSR count). The Bertz CT molecular complexity index is 314. The van der Waals surface area contributed by atoms with E-state index in [1.165, 1.54) is 6.42 Å². The van der Waals surface area contributed by atoms with Gasteiger partial charge in [0.2, 0.25) is 11.8 Å². The van der Waals surface area contributed by atoms with Crippen LogP contribution in [0.2, 0.25) is 0 Å². The minimum Gasteiger partial charge on any atom is -0.425 e. The molecular formula is C10H16N2O. The summed E-state index contributed by atoms with van der Waals surface area (Å²) in [6, 6.07) is 0. The van der Waals surface area contributed by atoms with E-state index in [2.05, 4.69) is 37.9 Å². The molecule has 1 saturated carbocycles. The molecule has 0 aromatic carbocycles. The Balaban J connectivity index is 2.16. The third kappa shape index (κ3) is 1.47. The molecule has 1 unspecified atom stereocenters. The summed E-state index contributed by atoms with van der Waals surface area (Å²) in [6.07, 6.45) is 1.17. The predicted molar refractivity (Wildman–Crippen MR) is 49.5 cm³/mol. The average Bonchev–Trinajstić information content (AvgIpc) is 2.50. The van der Waals surface area contributed by atoms with E-state index >= 15 is 0 Å². The largest absolute Gasteiger partial charge is 0.425 e. The number of aromatic nitrogens is 2. The van der Waals surface area contributed by atoms with Crippen LogP contribution in [0.5, 0.6) is 0 Å². The third-order valence-corrected chi connectivity index (χ3v) is 2.76. The topological polar surface area (TPSA) is 38.9 Å². The Labute approximate surface area is 78.5 Å². The zero-order valence-corrected chi connectivity index (χ0v) is 8.66. The zero-order chi connectivity index (χ0) is 9.64. The highest BCUT2D eigenvalue weighted by Crippen LogP contribution is 2.58. The number of nitrogens with zero attached hydrogens (tertiary/aromatic N) is 2. The van der Waals surface area contributed by atoms with Gasteiger partial charge in [-0.2, -0.15) is 0 Å². The van der Waals surface area contributed by atoms with Gasteiger partial charge in [0.05, 0.1) is 0 Å². The summed E-state index contributed by atoms with van der Waals surface area (Å²) in [5.74, 6) is 2.42. The van der Waals surface area contributed by atoms with Crippen LogP contribution in [-0.4, -0.2) is 10.2 Å². The van der Waals surface area contributed by atoms with E-state index in [1.807, 2.05) is 0 Å². The highest BCUT2D eigenvalue weighted by Gasteiger charge is 2.50.